The minimum atomic E-state index is -0.836. The van der Waals surface area contributed by atoms with Crippen molar-refractivity contribution < 1.29 is 28.7 Å². The molecule has 1 aliphatic heterocycles. The molecule has 0 radical (unpaired) electrons. The SMILES string of the molecule is CCOCCOC(=O)CN1C(=O)C(C)Oc2ccc([N+](=O)[O-])nc21. The van der Waals surface area contributed by atoms with E-state index in [1.54, 1.807) is 0 Å². The molecule has 0 aromatic carbocycles. The molecule has 2 heterocycles. The van der Waals surface area contributed by atoms with Crippen LogP contribution in [0, 0.1) is 10.1 Å². The average Bonchev–Trinajstić information content (AvgIpc) is 2.55. The van der Waals surface area contributed by atoms with Crippen LogP contribution >= 0.6 is 0 Å². The van der Waals surface area contributed by atoms with Gasteiger partial charge in [0.2, 0.25) is 0 Å². The Bertz CT molecular complexity index is 649. The molecule has 0 saturated carbocycles. The van der Waals surface area contributed by atoms with E-state index in [4.69, 9.17) is 14.2 Å². The van der Waals surface area contributed by atoms with Gasteiger partial charge in [0.25, 0.3) is 11.7 Å². The minimum Gasteiger partial charge on any atom is -0.475 e. The van der Waals surface area contributed by atoms with Gasteiger partial charge in [-0.3, -0.25) is 14.5 Å². The molecule has 0 bridgehead atoms. The van der Waals surface area contributed by atoms with E-state index in [0.29, 0.717) is 6.61 Å². The van der Waals surface area contributed by atoms with Gasteiger partial charge in [0.1, 0.15) is 13.2 Å². The third kappa shape index (κ3) is 3.96. The predicted molar refractivity (Wildman–Crippen MR) is 80.8 cm³/mol. The molecule has 0 saturated heterocycles. The Morgan fingerprint density at radius 1 is 1.46 bits per heavy atom. The molecule has 1 aromatic rings. The van der Waals surface area contributed by atoms with Crippen molar-refractivity contribution in [1.29, 1.82) is 0 Å². The zero-order chi connectivity index (χ0) is 17.7. The Morgan fingerprint density at radius 3 is 2.88 bits per heavy atom. The highest BCUT2D eigenvalue weighted by molar-refractivity contribution is 6.02. The number of nitro groups is 1. The van der Waals surface area contributed by atoms with Crippen LogP contribution < -0.4 is 9.64 Å². The van der Waals surface area contributed by atoms with Crippen LogP contribution in [0.5, 0.6) is 5.75 Å². The van der Waals surface area contributed by atoms with Crippen LogP contribution in [0.1, 0.15) is 13.8 Å². The molecule has 0 aliphatic carbocycles. The molecule has 1 amide bonds. The second kappa shape index (κ2) is 7.68. The molecule has 1 aliphatic rings. The summed E-state index contributed by atoms with van der Waals surface area (Å²) < 4.78 is 15.4. The Hall–Kier alpha value is -2.75. The summed E-state index contributed by atoms with van der Waals surface area (Å²) in [6.45, 7) is 3.70. The fraction of sp³-hybridized carbons (Fsp3) is 0.500. The third-order valence-electron chi connectivity index (χ3n) is 3.17. The number of carbonyl (C=O) groups is 2. The van der Waals surface area contributed by atoms with Gasteiger partial charge in [-0.15, -0.1) is 0 Å². The summed E-state index contributed by atoms with van der Waals surface area (Å²) in [7, 11) is 0. The molecule has 1 unspecified atom stereocenters. The number of esters is 1. The minimum absolute atomic E-state index is 0.0516. The molecule has 2 rings (SSSR count). The number of amides is 1. The number of rotatable bonds is 7. The van der Waals surface area contributed by atoms with Crippen LogP contribution in [-0.4, -0.2) is 54.3 Å². The Kier molecular flexibility index (Phi) is 5.64. The topological polar surface area (TPSA) is 121 Å². The number of hydrogen-bond donors (Lipinski definition) is 0. The fourth-order valence-corrected chi connectivity index (χ4v) is 2.06. The van der Waals surface area contributed by atoms with Crippen LogP contribution in [0.2, 0.25) is 0 Å². The number of anilines is 1. The van der Waals surface area contributed by atoms with Crippen LogP contribution in [0.4, 0.5) is 11.6 Å². The number of carbonyl (C=O) groups excluding carboxylic acids is 2. The van der Waals surface area contributed by atoms with Crippen molar-refractivity contribution in [3.63, 3.8) is 0 Å². The largest absolute Gasteiger partial charge is 0.475 e. The first kappa shape index (κ1) is 17.6. The molecule has 0 N–H and O–H groups in total. The highest BCUT2D eigenvalue weighted by Crippen LogP contribution is 2.33. The maximum absolute atomic E-state index is 12.2. The smallest absolute Gasteiger partial charge is 0.366 e. The van der Waals surface area contributed by atoms with E-state index in [2.05, 4.69) is 4.98 Å². The average molecular weight is 339 g/mol. The summed E-state index contributed by atoms with van der Waals surface area (Å²) in [4.78, 5) is 39.1. The summed E-state index contributed by atoms with van der Waals surface area (Å²) in [6.07, 6.45) is -0.836. The van der Waals surface area contributed by atoms with Gasteiger partial charge in [0, 0.05) is 12.7 Å². The van der Waals surface area contributed by atoms with E-state index in [-0.39, 0.29) is 24.8 Å². The molecule has 0 fully saturated rings. The van der Waals surface area contributed by atoms with E-state index in [0.717, 1.165) is 4.90 Å². The van der Waals surface area contributed by atoms with Gasteiger partial charge >= 0.3 is 11.8 Å². The Balaban J connectivity index is 2.16. The lowest BCUT2D eigenvalue weighted by atomic mass is 10.2. The van der Waals surface area contributed by atoms with E-state index in [1.807, 2.05) is 6.92 Å². The van der Waals surface area contributed by atoms with Crippen molar-refractivity contribution in [2.75, 3.05) is 31.3 Å². The molecule has 130 valence electrons. The van der Waals surface area contributed by atoms with Gasteiger partial charge in [0.15, 0.2) is 11.9 Å². The maximum atomic E-state index is 12.2. The highest BCUT2D eigenvalue weighted by Gasteiger charge is 2.38. The number of pyridine rings is 1. The molecule has 1 atom stereocenters. The summed E-state index contributed by atoms with van der Waals surface area (Å²) in [6, 6.07) is 2.51. The first-order valence-corrected chi connectivity index (χ1v) is 7.31. The van der Waals surface area contributed by atoms with E-state index >= 15 is 0 Å². The second-order valence-electron chi connectivity index (χ2n) is 4.85. The lowest BCUT2D eigenvalue weighted by molar-refractivity contribution is -0.389. The quantitative estimate of drug-likeness (QED) is 0.308. The number of nitrogens with zero attached hydrogens (tertiary/aromatic N) is 3. The van der Waals surface area contributed by atoms with Crippen molar-refractivity contribution in [1.82, 2.24) is 4.98 Å². The van der Waals surface area contributed by atoms with Crippen LogP contribution in [0.25, 0.3) is 0 Å². The number of ether oxygens (including phenoxy) is 3. The second-order valence-corrected chi connectivity index (χ2v) is 4.85. The van der Waals surface area contributed by atoms with Crippen LogP contribution in [-0.2, 0) is 19.1 Å². The van der Waals surface area contributed by atoms with Gasteiger partial charge in [-0.1, -0.05) is 0 Å². The lowest BCUT2D eigenvalue weighted by Gasteiger charge is -2.28. The first-order chi connectivity index (χ1) is 11.4. The van der Waals surface area contributed by atoms with Crippen molar-refractivity contribution in [3.05, 3.63) is 22.2 Å². The Labute approximate surface area is 137 Å². The van der Waals surface area contributed by atoms with Gasteiger partial charge in [-0.2, -0.15) is 0 Å². The van der Waals surface area contributed by atoms with E-state index in [9.17, 15) is 19.7 Å². The van der Waals surface area contributed by atoms with Crippen molar-refractivity contribution >= 4 is 23.5 Å². The number of aromatic nitrogens is 1. The molecule has 10 nitrogen and oxygen atoms in total. The van der Waals surface area contributed by atoms with Crippen molar-refractivity contribution in [2.24, 2.45) is 0 Å². The molecule has 0 spiro atoms. The predicted octanol–water partition coefficient (Wildman–Crippen LogP) is 0.683. The fourth-order valence-electron chi connectivity index (χ4n) is 2.06. The molecular formula is C14H17N3O7. The number of fused-ring (bicyclic) bond motifs is 1. The normalized spacial score (nSPS) is 16.3. The van der Waals surface area contributed by atoms with E-state index in [1.165, 1.54) is 19.1 Å². The summed E-state index contributed by atoms with van der Waals surface area (Å²) in [5.41, 5.74) is 0. The van der Waals surface area contributed by atoms with E-state index < -0.39 is 35.3 Å². The van der Waals surface area contributed by atoms with Crippen LogP contribution in [0.15, 0.2) is 12.1 Å². The molecule has 10 heteroatoms. The summed E-state index contributed by atoms with van der Waals surface area (Å²) in [5.74, 6) is -1.54. The zero-order valence-electron chi connectivity index (χ0n) is 13.3. The standard InChI is InChI=1S/C14H17N3O7/c1-3-22-6-7-23-12(18)8-16-13-10(24-9(2)14(16)19)4-5-11(15-13)17(20)21/h4-5,9H,3,6-8H2,1-2H3. The zero-order valence-corrected chi connectivity index (χ0v) is 13.3. The monoisotopic (exact) mass is 339 g/mol. The highest BCUT2D eigenvalue weighted by atomic mass is 16.6. The molecular weight excluding hydrogens is 322 g/mol. The lowest BCUT2D eigenvalue weighted by Crippen LogP contribution is -2.47. The van der Waals surface area contributed by atoms with Gasteiger partial charge in [-0.25, -0.2) is 0 Å². The molecule has 1 aromatic heterocycles. The summed E-state index contributed by atoms with van der Waals surface area (Å²) >= 11 is 0. The van der Waals surface area contributed by atoms with Crippen LogP contribution in [0.3, 0.4) is 0 Å². The number of hydrogen-bond acceptors (Lipinski definition) is 8. The third-order valence-corrected chi connectivity index (χ3v) is 3.17. The Morgan fingerprint density at radius 2 is 2.21 bits per heavy atom. The van der Waals surface area contributed by atoms with Gasteiger partial charge in [-0.05, 0) is 29.8 Å². The van der Waals surface area contributed by atoms with Gasteiger partial charge < -0.3 is 24.3 Å². The van der Waals surface area contributed by atoms with Crippen molar-refractivity contribution in [2.45, 2.75) is 20.0 Å². The maximum Gasteiger partial charge on any atom is 0.366 e. The van der Waals surface area contributed by atoms with Gasteiger partial charge in [0.05, 0.1) is 6.61 Å². The first-order valence-electron chi connectivity index (χ1n) is 7.31. The summed E-state index contributed by atoms with van der Waals surface area (Å²) in [5, 5.41) is 10.9. The molecule has 24 heavy (non-hydrogen) atoms. The van der Waals surface area contributed by atoms with Crippen molar-refractivity contribution in [3.8, 4) is 5.75 Å².